The highest BCUT2D eigenvalue weighted by atomic mass is 16.5. The molecule has 1 heterocycles. The van der Waals surface area contributed by atoms with Crippen LogP contribution in [0.2, 0.25) is 0 Å². The lowest BCUT2D eigenvalue weighted by Gasteiger charge is -2.16. The Morgan fingerprint density at radius 2 is 1.76 bits per heavy atom. The molecule has 2 rings (SSSR count). The molecule has 1 aliphatic rings. The SMILES string of the molecule is Cc1cc(O)c2c(c1)/C=C/C[C@H](O)[C@H](O)C(=O)/C=C\C[C@@H](C)OC2=O. The molecule has 6 heteroatoms. The maximum atomic E-state index is 12.4. The third kappa shape index (κ3) is 4.78. The minimum Gasteiger partial charge on any atom is -0.507 e. The summed E-state index contributed by atoms with van der Waals surface area (Å²) in [6, 6.07) is 3.18. The van der Waals surface area contributed by atoms with E-state index in [0.717, 1.165) is 5.56 Å². The van der Waals surface area contributed by atoms with E-state index in [4.69, 9.17) is 4.74 Å². The highest BCUT2D eigenvalue weighted by Crippen LogP contribution is 2.26. The summed E-state index contributed by atoms with van der Waals surface area (Å²) in [6.45, 7) is 3.43. The van der Waals surface area contributed by atoms with Crippen molar-refractivity contribution in [1.29, 1.82) is 0 Å². The summed E-state index contributed by atoms with van der Waals surface area (Å²) in [5, 5.41) is 29.9. The lowest BCUT2D eigenvalue weighted by atomic mass is 10.0. The number of carbonyl (C=O) groups excluding carboxylic acids is 2. The lowest BCUT2D eigenvalue weighted by molar-refractivity contribution is -0.127. The third-order valence-corrected chi connectivity index (χ3v) is 3.89. The summed E-state index contributed by atoms with van der Waals surface area (Å²) in [7, 11) is 0. The Morgan fingerprint density at radius 3 is 2.48 bits per heavy atom. The number of ether oxygens (including phenoxy) is 1. The average molecular weight is 346 g/mol. The van der Waals surface area contributed by atoms with Gasteiger partial charge < -0.3 is 20.1 Å². The zero-order chi connectivity index (χ0) is 18.6. The van der Waals surface area contributed by atoms with E-state index in [1.807, 2.05) is 0 Å². The molecule has 1 aliphatic heterocycles. The second-order valence-corrected chi connectivity index (χ2v) is 6.15. The second-order valence-electron chi connectivity index (χ2n) is 6.15. The zero-order valence-corrected chi connectivity index (χ0v) is 14.2. The summed E-state index contributed by atoms with van der Waals surface area (Å²) in [6.07, 6.45) is 2.70. The third-order valence-electron chi connectivity index (χ3n) is 3.89. The Hall–Kier alpha value is -2.44. The maximum Gasteiger partial charge on any atom is 0.342 e. The molecule has 25 heavy (non-hydrogen) atoms. The van der Waals surface area contributed by atoms with Crippen molar-refractivity contribution >= 4 is 17.8 Å². The highest BCUT2D eigenvalue weighted by molar-refractivity contribution is 5.97. The number of ketones is 1. The van der Waals surface area contributed by atoms with E-state index in [1.54, 1.807) is 26.0 Å². The van der Waals surface area contributed by atoms with Crippen molar-refractivity contribution in [3.8, 4) is 5.75 Å². The van der Waals surface area contributed by atoms with Crippen LogP contribution in [0.3, 0.4) is 0 Å². The molecular weight excluding hydrogens is 324 g/mol. The molecule has 0 fully saturated rings. The largest absolute Gasteiger partial charge is 0.507 e. The smallest absolute Gasteiger partial charge is 0.342 e. The first kappa shape index (κ1) is 18.9. The molecule has 0 saturated carbocycles. The number of aryl methyl sites for hydroxylation is 1. The van der Waals surface area contributed by atoms with Crippen molar-refractivity contribution in [2.75, 3.05) is 0 Å². The lowest BCUT2D eigenvalue weighted by Crippen LogP contribution is -2.32. The van der Waals surface area contributed by atoms with Gasteiger partial charge in [-0.1, -0.05) is 24.3 Å². The van der Waals surface area contributed by atoms with Crippen molar-refractivity contribution < 1.29 is 29.6 Å². The fraction of sp³-hybridized carbons (Fsp3) is 0.368. The standard InChI is InChI=1S/C19H22O6/c1-11-9-13-6-4-8-15(21)18(23)14(20)7-3-5-12(2)25-19(24)17(13)16(22)10-11/h3-4,6-7,9-10,12,15,18,21-23H,5,8H2,1-2H3/b6-4+,7-3-/t12-,15+,18-/m1/s1. The van der Waals surface area contributed by atoms with Gasteiger partial charge in [0.1, 0.15) is 23.5 Å². The summed E-state index contributed by atoms with van der Waals surface area (Å²) >= 11 is 0. The van der Waals surface area contributed by atoms with E-state index in [-0.39, 0.29) is 24.2 Å². The molecule has 0 aliphatic carbocycles. The van der Waals surface area contributed by atoms with Crippen molar-refractivity contribution in [3.05, 3.63) is 47.1 Å². The van der Waals surface area contributed by atoms with Gasteiger partial charge in [0.05, 0.1) is 6.10 Å². The number of phenols is 1. The summed E-state index contributed by atoms with van der Waals surface area (Å²) in [4.78, 5) is 24.2. The predicted molar refractivity (Wildman–Crippen MR) is 92.1 cm³/mol. The van der Waals surface area contributed by atoms with Crippen molar-refractivity contribution in [3.63, 3.8) is 0 Å². The fourth-order valence-corrected chi connectivity index (χ4v) is 2.57. The van der Waals surface area contributed by atoms with Gasteiger partial charge in [-0.3, -0.25) is 4.79 Å². The first-order valence-electron chi connectivity index (χ1n) is 8.07. The van der Waals surface area contributed by atoms with Gasteiger partial charge in [-0.25, -0.2) is 4.79 Å². The minimum absolute atomic E-state index is 0.0142. The molecule has 3 N–H and O–H groups in total. The number of hydrogen-bond acceptors (Lipinski definition) is 6. The number of rotatable bonds is 0. The van der Waals surface area contributed by atoms with Crippen LogP contribution in [-0.2, 0) is 9.53 Å². The van der Waals surface area contributed by atoms with Crippen LogP contribution >= 0.6 is 0 Å². The number of aliphatic hydroxyl groups is 2. The van der Waals surface area contributed by atoms with Gasteiger partial charge in [-0.15, -0.1) is 0 Å². The first-order valence-corrected chi connectivity index (χ1v) is 8.07. The number of aromatic hydroxyl groups is 1. The van der Waals surface area contributed by atoms with Gasteiger partial charge in [0.15, 0.2) is 5.78 Å². The quantitative estimate of drug-likeness (QED) is 0.620. The molecule has 6 nitrogen and oxygen atoms in total. The molecule has 0 amide bonds. The van der Waals surface area contributed by atoms with Gasteiger partial charge in [-0.2, -0.15) is 0 Å². The van der Waals surface area contributed by atoms with Crippen LogP contribution in [0.1, 0.15) is 41.3 Å². The minimum atomic E-state index is -1.52. The predicted octanol–water partition coefficient (Wildman–Crippen LogP) is 1.90. The van der Waals surface area contributed by atoms with Crippen LogP contribution < -0.4 is 0 Å². The number of cyclic esters (lactones) is 1. The molecule has 0 radical (unpaired) electrons. The Balaban J connectivity index is 2.43. The highest BCUT2D eigenvalue weighted by Gasteiger charge is 2.23. The van der Waals surface area contributed by atoms with E-state index in [9.17, 15) is 24.9 Å². The van der Waals surface area contributed by atoms with E-state index in [0.29, 0.717) is 5.56 Å². The fourth-order valence-electron chi connectivity index (χ4n) is 2.57. The molecule has 0 unspecified atom stereocenters. The summed E-state index contributed by atoms with van der Waals surface area (Å²) in [5.74, 6) is -1.46. The van der Waals surface area contributed by atoms with Crippen LogP contribution in [0, 0.1) is 6.92 Å². The molecule has 1 aromatic carbocycles. The van der Waals surface area contributed by atoms with E-state index in [1.165, 1.54) is 24.3 Å². The van der Waals surface area contributed by atoms with Crippen molar-refractivity contribution in [2.45, 2.75) is 45.0 Å². The maximum absolute atomic E-state index is 12.4. The number of fused-ring (bicyclic) bond motifs is 1. The number of carbonyl (C=O) groups is 2. The summed E-state index contributed by atoms with van der Waals surface area (Å²) < 4.78 is 5.32. The topological polar surface area (TPSA) is 104 Å². The van der Waals surface area contributed by atoms with E-state index in [2.05, 4.69) is 0 Å². The van der Waals surface area contributed by atoms with Crippen LogP contribution in [0.15, 0.2) is 30.4 Å². The monoisotopic (exact) mass is 346 g/mol. The molecule has 134 valence electrons. The van der Waals surface area contributed by atoms with Gasteiger partial charge in [0.2, 0.25) is 0 Å². The molecular formula is C19H22O6. The molecule has 0 saturated heterocycles. The normalized spacial score (nSPS) is 27.8. The number of esters is 1. The second kappa shape index (κ2) is 8.09. The van der Waals surface area contributed by atoms with Gasteiger partial charge in [0.25, 0.3) is 0 Å². The molecule has 0 spiro atoms. The average Bonchev–Trinajstić information content (AvgIpc) is 2.52. The van der Waals surface area contributed by atoms with Gasteiger partial charge in [0, 0.05) is 6.42 Å². The Labute approximate surface area is 146 Å². The van der Waals surface area contributed by atoms with Gasteiger partial charge in [-0.05, 0) is 43.5 Å². The molecule has 3 atom stereocenters. The first-order chi connectivity index (χ1) is 11.8. The van der Waals surface area contributed by atoms with Crippen molar-refractivity contribution in [2.24, 2.45) is 0 Å². The van der Waals surface area contributed by atoms with E-state index >= 15 is 0 Å². The zero-order valence-electron chi connectivity index (χ0n) is 14.2. The van der Waals surface area contributed by atoms with E-state index < -0.39 is 30.1 Å². The Kier molecular flexibility index (Phi) is 6.12. The van der Waals surface area contributed by atoms with Crippen LogP contribution in [0.5, 0.6) is 5.75 Å². The van der Waals surface area contributed by atoms with Crippen LogP contribution in [0.25, 0.3) is 6.08 Å². The van der Waals surface area contributed by atoms with Gasteiger partial charge >= 0.3 is 5.97 Å². The molecule has 0 bridgehead atoms. The number of hydrogen-bond donors (Lipinski definition) is 3. The van der Waals surface area contributed by atoms with Crippen LogP contribution in [0.4, 0.5) is 0 Å². The number of benzene rings is 1. The Morgan fingerprint density at radius 1 is 1.08 bits per heavy atom. The van der Waals surface area contributed by atoms with Crippen LogP contribution in [-0.4, -0.2) is 45.4 Å². The molecule has 1 aromatic rings. The Bertz CT molecular complexity index is 719. The molecule has 0 aromatic heterocycles. The number of phenolic OH excluding ortho intramolecular Hbond substituents is 1. The van der Waals surface area contributed by atoms with Crippen molar-refractivity contribution in [1.82, 2.24) is 0 Å². The summed E-state index contributed by atoms with van der Waals surface area (Å²) in [5.41, 5.74) is 1.23. The number of aliphatic hydroxyl groups excluding tert-OH is 2.